The van der Waals surface area contributed by atoms with E-state index in [0.717, 1.165) is 5.56 Å². The van der Waals surface area contributed by atoms with Crippen molar-refractivity contribution in [2.75, 3.05) is 13.1 Å². The van der Waals surface area contributed by atoms with Gasteiger partial charge >= 0.3 is 0 Å². The Morgan fingerprint density at radius 1 is 1.11 bits per heavy atom. The van der Waals surface area contributed by atoms with Crippen molar-refractivity contribution in [3.8, 4) is 11.5 Å². The van der Waals surface area contributed by atoms with E-state index in [4.69, 9.17) is 0 Å². The molecular weight excluding hydrogens is 340 g/mol. The molecule has 0 saturated heterocycles. The molecule has 0 saturated carbocycles. The molecule has 0 amide bonds. The lowest BCUT2D eigenvalue weighted by Crippen LogP contribution is -2.40. The van der Waals surface area contributed by atoms with Gasteiger partial charge in [-0.25, -0.2) is 0 Å². The van der Waals surface area contributed by atoms with E-state index in [-0.39, 0.29) is 29.9 Å². The number of carbonyl (C=O) groups is 1. The molecule has 0 fully saturated rings. The molecule has 27 heavy (non-hydrogen) atoms. The number of Topliss-reactive ketones (excluding diaryl/α,β-unsaturated/α-hetero) is 1. The van der Waals surface area contributed by atoms with Crippen molar-refractivity contribution in [1.82, 2.24) is 5.32 Å². The quantitative estimate of drug-likeness (QED) is 0.593. The average Bonchev–Trinajstić information content (AvgIpc) is 2.68. The van der Waals surface area contributed by atoms with E-state index in [1.54, 1.807) is 13.0 Å². The highest BCUT2D eigenvalue weighted by molar-refractivity contribution is 6.04. The van der Waals surface area contributed by atoms with Gasteiger partial charge in [-0.1, -0.05) is 44.2 Å². The number of carbonyl (C=O) groups excluding carboxylic acids is 1. The van der Waals surface area contributed by atoms with Gasteiger partial charge in [-0.3, -0.25) is 9.79 Å². The normalized spacial score (nSPS) is 12.8. The highest BCUT2D eigenvalue weighted by atomic mass is 16.3. The zero-order valence-corrected chi connectivity index (χ0v) is 16.2. The number of aromatic hydroxyl groups is 2. The summed E-state index contributed by atoms with van der Waals surface area (Å²) >= 11 is 0. The van der Waals surface area contributed by atoms with Crippen molar-refractivity contribution in [2.45, 2.75) is 39.7 Å². The number of nitrogens with zero attached hydrogens (tertiary/aromatic N) is 1. The van der Waals surface area contributed by atoms with E-state index in [1.807, 2.05) is 44.2 Å². The number of likely N-dealkylation sites (N-methyl/N-ethyl adjacent to an activating group) is 1. The zero-order valence-electron chi connectivity index (χ0n) is 16.2. The van der Waals surface area contributed by atoms with Gasteiger partial charge in [0.25, 0.3) is 0 Å². The predicted octanol–water partition coefficient (Wildman–Crippen LogP) is 3.40. The third kappa shape index (κ3) is 5.41. The van der Waals surface area contributed by atoms with Crippen LogP contribution in [0.25, 0.3) is 0 Å². The molecule has 5 nitrogen and oxygen atoms in total. The number of ketones is 1. The first kappa shape index (κ1) is 20.6. The van der Waals surface area contributed by atoms with E-state index in [0.29, 0.717) is 36.2 Å². The second-order valence-corrected chi connectivity index (χ2v) is 6.49. The summed E-state index contributed by atoms with van der Waals surface area (Å²) in [5.74, 6) is 0.0649. The maximum absolute atomic E-state index is 12.7. The fraction of sp³-hybridized carbons (Fsp3) is 0.364. The number of rotatable bonds is 9. The van der Waals surface area contributed by atoms with Crippen LogP contribution in [0.15, 0.2) is 47.5 Å². The molecule has 144 valence electrons. The van der Waals surface area contributed by atoms with Gasteiger partial charge in [0.15, 0.2) is 5.78 Å². The summed E-state index contributed by atoms with van der Waals surface area (Å²) in [7, 11) is 0. The first-order valence-electron chi connectivity index (χ1n) is 9.33. The lowest BCUT2D eigenvalue weighted by atomic mass is 10.0. The molecular formula is C22H28N2O3. The second-order valence-electron chi connectivity index (χ2n) is 6.49. The van der Waals surface area contributed by atoms with E-state index in [9.17, 15) is 15.0 Å². The van der Waals surface area contributed by atoms with Crippen LogP contribution in [-0.2, 0) is 11.2 Å². The Bertz CT molecular complexity index is 801. The Morgan fingerprint density at radius 2 is 1.81 bits per heavy atom. The maximum atomic E-state index is 12.7. The largest absolute Gasteiger partial charge is 0.508 e. The standard InChI is InChI=1S/C22H28N2O3/c1-4-18(17-11-12-20(25)15(3)22(17)27)24-14-21(26)19(23-5-2)13-16-9-7-6-8-10-16/h6-12,19,23,25,27H,4-5,13-14H2,1-3H3. The third-order valence-electron chi connectivity index (χ3n) is 4.60. The van der Waals surface area contributed by atoms with Crippen LogP contribution in [0.3, 0.4) is 0 Å². The third-order valence-corrected chi connectivity index (χ3v) is 4.60. The summed E-state index contributed by atoms with van der Waals surface area (Å²) < 4.78 is 0. The highest BCUT2D eigenvalue weighted by Crippen LogP contribution is 2.30. The first-order chi connectivity index (χ1) is 13.0. The number of hydrogen-bond donors (Lipinski definition) is 3. The SMILES string of the molecule is CCNC(Cc1ccccc1)C(=O)CN=C(CC)c1ccc(O)c(C)c1O. The van der Waals surface area contributed by atoms with Crippen molar-refractivity contribution in [1.29, 1.82) is 0 Å². The summed E-state index contributed by atoms with van der Waals surface area (Å²) in [5, 5.41) is 23.2. The Labute approximate surface area is 160 Å². The fourth-order valence-corrected chi connectivity index (χ4v) is 2.99. The number of nitrogens with one attached hydrogen (secondary N) is 1. The Hall–Kier alpha value is -2.66. The van der Waals surface area contributed by atoms with Crippen LogP contribution >= 0.6 is 0 Å². The molecule has 0 radical (unpaired) electrons. The van der Waals surface area contributed by atoms with Gasteiger partial charge in [-0.15, -0.1) is 0 Å². The molecule has 5 heteroatoms. The van der Waals surface area contributed by atoms with Crippen LogP contribution in [0.1, 0.15) is 37.0 Å². The number of phenolic OH excluding ortho intramolecular Hbond substituents is 2. The molecule has 3 N–H and O–H groups in total. The molecule has 0 bridgehead atoms. The van der Waals surface area contributed by atoms with Crippen LogP contribution < -0.4 is 5.32 Å². The summed E-state index contributed by atoms with van der Waals surface area (Å²) in [4.78, 5) is 17.2. The van der Waals surface area contributed by atoms with Gasteiger partial charge in [0.2, 0.25) is 0 Å². The lowest BCUT2D eigenvalue weighted by molar-refractivity contribution is -0.119. The van der Waals surface area contributed by atoms with Gasteiger partial charge in [-0.2, -0.15) is 0 Å². The molecule has 2 aromatic carbocycles. The van der Waals surface area contributed by atoms with Gasteiger partial charge in [0.05, 0.1) is 12.6 Å². The van der Waals surface area contributed by atoms with Crippen molar-refractivity contribution < 1.29 is 15.0 Å². The topological polar surface area (TPSA) is 81.9 Å². The summed E-state index contributed by atoms with van der Waals surface area (Å²) in [6.45, 7) is 6.30. The van der Waals surface area contributed by atoms with E-state index in [1.165, 1.54) is 6.07 Å². The van der Waals surface area contributed by atoms with Crippen molar-refractivity contribution >= 4 is 11.5 Å². The van der Waals surface area contributed by atoms with Crippen LogP contribution in [0.4, 0.5) is 0 Å². The monoisotopic (exact) mass is 368 g/mol. The Morgan fingerprint density at radius 3 is 2.44 bits per heavy atom. The van der Waals surface area contributed by atoms with Gasteiger partial charge < -0.3 is 15.5 Å². The van der Waals surface area contributed by atoms with Crippen LogP contribution in [0, 0.1) is 6.92 Å². The van der Waals surface area contributed by atoms with Crippen molar-refractivity contribution in [3.63, 3.8) is 0 Å². The van der Waals surface area contributed by atoms with E-state index < -0.39 is 0 Å². The minimum atomic E-state index is -0.297. The smallest absolute Gasteiger partial charge is 0.171 e. The maximum Gasteiger partial charge on any atom is 0.171 e. The second kappa shape index (κ2) is 9.88. The number of hydrogen-bond acceptors (Lipinski definition) is 5. The molecule has 1 unspecified atom stereocenters. The van der Waals surface area contributed by atoms with E-state index >= 15 is 0 Å². The summed E-state index contributed by atoms with van der Waals surface area (Å²) in [6.07, 6.45) is 1.20. The van der Waals surface area contributed by atoms with Gasteiger partial charge in [-0.05, 0) is 44.0 Å². The molecule has 0 heterocycles. The van der Waals surface area contributed by atoms with Crippen molar-refractivity contribution in [3.05, 3.63) is 59.2 Å². The minimum Gasteiger partial charge on any atom is -0.508 e. The Balaban J connectivity index is 2.16. The van der Waals surface area contributed by atoms with Crippen molar-refractivity contribution in [2.24, 2.45) is 4.99 Å². The summed E-state index contributed by atoms with van der Waals surface area (Å²) in [6, 6.07) is 12.8. The molecule has 2 aromatic rings. The molecule has 0 aliphatic heterocycles. The first-order valence-corrected chi connectivity index (χ1v) is 9.33. The van der Waals surface area contributed by atoms with E-state index in [2.05, 4.69) is 10.3 Å². The molecule has 0 aliphatic rings. The van der Waals surface area contributed by atoms with Gasteiger partial charge in [0.1, 0.15) is 11.5 Å². The number of benzene rings is 2. The fourth-order valence-electron chi connectivity index (χ4n) is 2.99. The number of phenols is 2. The van der Waals surface area contributed by atoms with Crippen LogP contribution in [0.5, 0.6) is 11.5 Å². The molecule has 1 atom stereocenters. The highest BCUT2D eigenvalue weighted by Gasteiger charge is 2.18. The lowest BCUT2D eigenvalue weighted by Gasteiger charge is -2.16. The molecule has 0 aliphatic carbocycles. The average molecular weight is 368 g/mol. The van der Waals surface area contributed by atoms with Crippen LogP contribution in [0.2, 0.25) is 0 Å². The molecule has 0 aromatic heterocycles. The molecule has 2 rings (SSSR count). The van der Waals surface area contributed by atoms with Gasteiger partial charge in [0, 0.05) is 16.8 Å². The molecule has 0 spiro atoms. The minimum absolute atomic E-state index is 0.00978. The Kier molecular flexibility index (Phi) is 7.55. The van der Waals surface area contributed by atoms with Crippen LogP contribution in [-0.4, -0.2) is 40.8 Å². The summed E-state index contributed by atoms with van der Waals surface area (Å²) in [5.41, 5.74) is 2.72. The number of aliphatic imine (C=N–C) groups is 1. The predicted molar refractivity (Wildman–Crippen MR) is 109 cm³/mol. The zero-order chi connectivity index (χ0) is 19.8.